The summed E-state index contributed by atoms with van der Waals surface area (Å²) in [6, 6.07) is 11.0. The Bertz CT molecular complexity index is 916. The van der Waals surface area contributed by atoms with Crippen molar-refractivity contribution in [1.29, 1.82) is 0 Å². The average molecular weight is 468 g/mol. The van der Waals surface area contributed by atoms with E-state index in [1.54, 1.807) is 29.2 Å². The maximum atomic E-state index is 12.7. The number of nitrogens with one attached hydrogen (secondary N) is 1. The van der Waals surface area contributed by atoms with E-state index in [9.17, 15) is 19.7 Å². The highest BCUT2D eigenvalue weighted by Crippen LogP contribution is 2.26. The standard InChI is InChI=1S/C21H23Cl2N3O5/c1-15-2-4-16(5-3-15)21(28)31-13-10-24-20(27)18-14-17(26(29)30)6-7-19(18)25(11-8-22)12-9-23/h2-7,14H,8-13H2,1H3,(H,24,27). The van der Waals surface area contributed by atoms with Gasteiger partial charge in [0, 0.05) is 37.0 Å². The van der Waals surface area contributed by atoms with Gasteiger partial charge in [-0.15, -0.1) is 23.2 Å². The number of esters is 1. The molecule has 31 heavy (non-hydrogen) atoms. The summed E-state index contributed by atoms with van der Waals surface area (Å²) in [6.07, 6.45) is 0. The van der Waals surface area contributed by atoms with Gasteiger partial charge in [-0.05, 0) is 25.1 Å². The number of carbonyl (C=O) groups excluding carboxylic acids is 2. The van der Waals surface area contributed by atoms with Gasteiger partial charge in [-0.3, -0.25) is 14.9 Å². The van der Waals surface area contributed by atoms with Crippen LogP contribution in [0.15, 0.2) is 42.5 Å². The first kappa shape index (κ1) is 24.4. The average Bonchev–Trinajstić information content (AvgIpc) is 2.76. The van der Waals surface area contributed by atoms with Crippen LogP contribution in [0.4, 0.5) is 11.4 Å². The lowest BCUT2D eigenvalue weighted by atomic mass is 10.1. The number of rotatable bonds is 11. The van der Waals surface area contributed by atoms with Gasteiger partial charge in [0.05, 0.1) is 28.3 Å². The number of nitro benzene ring substituents is 1. The molecule has 0 fully saturated rings. The molecule has 0 radical (unpaired) electrons. The highest BCUT2D eigenvalue weighted by molar-refractivity contribution is 6.18. The first-order valence-electron chi connectivity index (χ1n) is 9.54. The van der Waals surface area contributed by atoms with Crippen LogP contribution >= 0.6 is 23.2 Å². The van der Waals surface area contributed by atoms with E-state index in [4.69, 9.17) is 27.9 Å². The molecular formula is C21H23Cl2N3O5. The van der Waals surface area contributed by atoms with Crippen LogP contribution in [0.5, 0.6) is 0 Å². The van der Waals surface area contributed by atoms with Crippen molar-refractivity contribution in [3.8, 4) is 0 Å². The molecule has 8 nitrogen and oxygen atoms in total. The van der Waals surface area contributed by atoms with Crippen LogP contribution in [-0.4, -0.2) is 54.8 Å². The number of hydrogen-bond donors (Lipinski definition) is 1. The van der Waals surface area contributed by atoms with Gasteiger partial charge in [-0.25, -0.2) is 4.79 Å². The Morgan fingerprint density at radius 1 is 1.10 bits per heavy atom. The van der Waals surface area contributed by atoms with E-state index in [-0.39, 0.29) is 24.4 Å². The second kappa shape index (κ2) is 12.1. The number of hydrogen-bond acceptors (Lipinski definition) is 6. The van der Waals surface area contributed by atoms with E-state index in [0.717, 1.165) is 5.56 Å². The van der Waals surface area contributed by atoms with Crippen LogP contribution in [0.2, 0.25) is 0 Å². The van der Waals surface area contributed by atoms with Gasteiger partial charge < -0.3 is 15.0 Å². The highest BCUT2D eigenvalue weighted by Gasteiger charge is 2.20. The van der Waals surface area contributed by atoms with Crippen LogP contribution < -0.4 is 10.2 Å². The summed E-state index contributed by atoms with van der Waals surface area (Å²) in [5.74, 6) is -0.437. The van der Waals surface area contributed by atoms with Crippen molar-refractivity contribution in [1.82, 2.24) is 5.32 Å². The first-order chi connectivity index (χ1) is 14.9. The molecule has 0 aromatic heterocycles. The SMILES string of the molecule is Cc1ccc(C(=O)OCCNC(=O)c2cc([N+](=O)[O-])ccc2N(CCCl)CCCl)cc1. The number of aryl methyl sites for hydroxylation is 1. The molecule has 0 unspecified atom stereocenters. The quantitative estimate of drug-likeness (QED) is 0.177. The summed E-state index contributed by atoms with van der Waals surface area (Å²) in [5, 5.41) is 13.8. The van der Waals surface area contributed by atoms with Gasteiger partial charge >= 0.3 is 5.97 Å². The molecule has 0 aliphatic rings. The number of nitro groups is 1. The molecule has 1 amide bonds. The Balaban J connectivity index is 2.06. The van der Waals surface area contributed by atoms with E-state index in [1.165, 1.54) is 18.2 Å². The molecule has 0 saturated heterocycles. The molecule has 2 rings (SSSR count). The largest absolute Gasteiger partial charge is 0.460 e. The van der Waals surface area contributed by atoms with Crippen LogP contribution in [0, 0.1) is 17.0 Å². The number of nitrogens with zero attached hydrogens (tertiary/aromatic N) is 2. The predicted octanol–water partition coefficient (Wildman–Crippen LogP) is 3.77. The minimum absolute atomic E-state index is 0.0452. The van der Waals surface area contributed by atoms with E-state index in [1.807, 2.05) is 6.92 Å². The molecule has 0 atom stereocenters. The molecule has 0 aliphatic carbocycles. The monoisotopic (exact) mass is 467 g/mol. The zero-order chi connectivity index (χ0) is 22.8. The number of carbonyl (C=O) groups is 2. The summed E-state index contributed by atoms with van der Waals surface area (Å²) >= 11 is 11.7. The number of ether oxygens (including phenoxy) is 1. The summed E-state index contributed by atoms with van der Waals surface area (Å²) in [6.45, 7) is 2.74. The van der Waals surface area contributed by atoms with Crippen molar-refractivity contribution in [2.75, 3.05) is 42.9 Å². The zero-order valence-electron chi connectivity index (χ0n) is 17.0. The number of non-ortho nitro benzene ring substituents is 1. The normalized spacial score (nSPS) is 10.4. The third kappa shape index (κ3) is 7.11. The van der Waals surface area contributed by atoms with Crippen LogP contribution in [0.3, 0.4) is 0 Å². The summed E-state index contributed by atoms with van der Waals surface area (Å²) in [4.78, 5) is 37.2. The molecule has 1 N–H and O–H groups in total. The molecule has 10 heteroatoms. The van der Waals surface area contributed by atoms with Gasteiger partial charge in [0.25, 0.3) is 11.6 Å². The molecule has 0 saturated carbocycles. The van der Waals surface area contributed by atoms with Gasteiger partial charge in [0.15, 0.2) is 0 Å². The Kier molecular flexibility index (Phi) is 9.55. The molecule has 0 bridgehead atoms. The lowest BCUT2D eigenvalue weighted by Crippen LogP contribution is -2.33. The predicted molar refractivity (Wildman–Crippen MR) is 121 cm³/mol. The fourth-order valence-corrected chi connectivity index (χ4v) is 3.24. The smallest absolute Gasteiger partial charge is 0.338 e. The zero-order valence-corrected chi connectivity index (χ0v) is 18.5. The van der Waals surface area contributed by atoms with Crippen LogP contribution in [0.1, 0.15) is 26.3 Å². The first-order valence-corrected chi connectivity index (χ1v) is 10.6. The van der Waals surface area contributed by atoms with E-state index in [2.05, 4.69) is 5.32 Å². The molecule has 0 aliphatic heterocycles. The van der Waals surface area contributed by atoms with E-state index < -0.39 is 16.8 Å². The third-order valence-corrected chi connectivity index (χ3v) is 4.73. The minimum atomic E-state index is -0.572. The lowest BCUT2D eigenvalue weighted by Gasteiger charge is -2.25. The molecule has 0 heterocycles. The molecule has 0 spiro atoms. The Morgan fingerprint density at radius 3 is 2.32 bits per heavy atom. The highest BCUT2D eigenvalue weighted by atomic mass is 35.5. The third-order valence-electron chi connectivity index (χ3n) is 4.39. The van der Waals surface area contributed by atoms with Crippen molar-refractivity contribution in [2.45, 2.75) is 6.92 Å². The maximum Gasteiger partial charge on any atom is 0.338 e. The fraction of sp³-hybridized carbons (Fsp3) is 0.333. The summed E-state index contributed by atoms with van der Waals surface area (Å²) < 4.78 is 5.16. The minimum Gasteiger partial charge on any atom is -0.460 e. The molecule has 166 valence electrons. The topological polar surface area (TPSA) is 102 Å². The Morgan fingerprint density at radius 2 is 1.74 bits per heavy atom. The van der Waals surface area contributed by atoms with E-state index in [0.29, 0.717) is 36.1 Å². The van der Waals surface area contributed by atoms with Crippen molar-refractivity contribution < 1.29 is 19.2 Å². The Hall–Kier alpha value is -2.84. The number of anilines is 1. The fourth-order valence-electron chi connectivity index (χ4n) is 2.83. The van der Waals surface area contributed by atoms with Crippen molar-refractivity contribution >= 4 is 46.5 Å². The van der Waals surface area contributed by atoms with Crippen molar-refractivity contribution in [3.05, 3.63) is 69.3 Å². The van der Waals surface area contributed by atoms with Crippen molar-refractivity contribution in [3.63, 3.8) is 0 Å². The lowest BCUT2D eigenvalue weighted by molar-refractivity contribution is -0.384. The second-order valence-electron chi connectivity index (χ2n) is 6.58. The molecular weight excluding hydrogens is 445 g/mol. The van der Waals surface area contributed by atoms with Gasteiger partial charge in [0.1, 0.15) is 6.61 Å². The summed E-state index contributed by atoms with van der Waals surface area (Å²) in [5.41, 5.74) is 1.83. The van der Waals surface area contributed by atoms with Crippen molar-refractivity contribution in [2.24, 2.45) is 0 Å². The van der Waals surface area contributed by atoms with Gasteiger partial charge in [-0.1, -0.05) is 17.7 Å². The molecule has 2 aromatic rings. The summed E-state index contributed by atoms with van der Waals surface area (Å²) in [7, 11) is 0. The number of halogens is 2. The maximum absolute atomic E-state index is 12.7. The second-order valence-corrected chi connectivity index (χ2v) is 7.34. The van der Waals surface area contributed by atoms with E-state index >= 15 is 0 Å². The van der Waals surface area contributed by atoms with Gasteiger partial charge in [-0.2, -0.15) is 0 Å². The number of benzene rings is 2. The van der Waals surface area contributed by atoms with Crippen LogP contribution in [0.25, 0.3) is 0 Å². The number of alkyl halides is 2. The number of amides is 1. The Labute approximate surface area is 190 Å². The molecule has 2 aromatic carbocycles. The van der Waals surface area contributed by atoms with Gasteiger partial charge in [0.2, 0.25) is 0 Å². The van der Waals surface area contributed by atoms with Crippen LogP contribution in [-0.2, 0) is 4.74 Å².